The van der Waals surface area contributed by atoms with E-state index < -0.39 is 11.6 Å². The van der Waals surface area contributed by atoms with Crippen LogP contribution in [-0.2, 0) is 22.7 Å². The Kier molecular flexibility index (Phi) is 6.93. The number of fused-ring (bicyclic) bond motifs is 1. The summed E-state index contributed by atoms with van der Waals surface area (Å²) in [7, 11) is 0. The highest BCUT2D eigenvalue weighted by Gasteiger charge is 2.42. The third kappa shape index (κ3) is 4.81. The van der Waals surface area contributed by atoms with Crippen molar-refractivity contribution in [1.82, 2.24) is 4.57 Å². The Morgan fingerprint density at radius 1 is 0.973 bits per heavy atom. The Morgan fingerprint density at radius 2 is 1.65 bits per heavy atom. The molecule has 0 bridgehead atoms. The Hall–Kier alpha value is -3.41. The van der Waals surface area contributed by atoms with Gasteiger partial charge in [0.05, 0.1) is 22.7 Å². The third-order valence-corrected chi connectivity index (χ3v) is 7.79. The van der Waals surface area contributed by atoms with Gasteiger partial charge in [-0.05, 0) is 56.7 Å². The van der Waals surface area contributed by atoms with Gasteiger partial charge < -0.3 is 14.4 Å². The number of hydrogen-bond donors (Lipinski definition) is 1. The number of carboxylic acids is 1. The molecule has 5 rings (SSSR count). The molecule has 1 N–H and O–H groups in total. The number of aliphatic carboxylic acids is 1. The summed E-state index contributed by atoms with van der Waals surface area (Å²) in [5.74, 6) is -0.905. The summed E-state index contributed by atoms with van der Waals surface area (Å²) in [6, 6.07) is 21.3. The molecular formula is C31H30ClNO4. The monoisotopic (exact) mass is 515 g/mol. The lowest BCUT2D eigenvalue weighted by molar-refractivity contribution is -0.167. The molecule has 1 aliphatic rings. The number of carbonyl (C=O) groups excluding carboxylic acids is 1. The predicted molar refractivity (Wildman–Crippen MR) is 145 cm³/mol. The van der Waals surface area contributed by atoms with E-state index in [2.05, 4.69) is 4.57 Å². The number of ether oxygens (including phenoxy) is 1. The molecule has 37 heavy (non-hydrogen) atoms. The number of nitrogens with zero attached hydrogens (tertiary/aromatic N) is 1. The van der Waals surface area contributed by atoms with Crippen LogP contribution in [0.5, 0.6) is 0 Å². The Labute approximate surface area is 221 Å². The van der Waals surface area contributed by atoms with Crippen LogP contribution in [0.2, 0.25) is 5.02 Å². The van der Waals surface area contributed by atoms with E-state index in [9.17, 15) is 14.7 Å². The molecular weight excluding hydrogens is 486 g/mol. The Balaban J connectivity index is 1.47. The van der Waals surface area contributed by atoms with Crippen LogP contribution in [0.1, 0.15) is 64.0 Å². The normalized spacial score (nSPS) is 14.8. The molecule has 1 fully saturated rings. The maximum Gasteiger partial charge on any atom is 0.335 e. The highest BCUT2D eigenvalue weighted by atomic mass is 35.5. The quantitative estimate of drug-likeness (QED) is 0.254. The lowest BCUT2D eigenvalue weighted by atomic mass is 10.00. The van der Waals surface area contributed by atoms with Crippen molar-refractivity contribution in [3.63, 3.8) is 0 Å². The van der Waals surface area contributed by atoms with Gasteiger partial charge in [0.25, 0.3) is 0 Å². The first kappa shape index (κ1) is 25.2. The van der Waals surface area contributed by atoms with E-state index >= 15 is 0 Å². The molecule has 0 radical (unpaired) electrons. The highest BCUT2D eigenvalue weighted by molar-refractivity contribution is 6.36. The molecule has 1 heterocycles. The fourth-order valence-corrected chi connectivity index (χ4v) is 5.69. The zero-order valence-electron chi connectivity index (χ0n) is 21.1. The second kappa shape index (κ2) is 10.2. The molecule has 3 aromatic carbocycles. The van der Waals surface area contributed by atoms with Crippen LogP contribution in [-0.4, -0.2) is 27.0 Å². The van der Waals surface area contributed by atoms with Crippen LogP contribution >= 0.6 is 11.6 Å². The van der Waals surface area contributed by atoms with Crippen LogP contribution in [0, 0.1) is 13.8 Å². The summed E-state index contributed by atoms with van der Waals surface area (Å²) in [6.45, 7) is 4.72. The number of benzene rings is 3. The zero-order valence-corrected chi connectivity index (χ0v) is 21.8. The van der Waals surface area contributed by atoms with E-state index in [0.29, 0.717) is 35.5 Å². The molecule has 0 spiro atoms. The van der Waals surface area contributed by atoms with Gasteiger partial charge in [-0.2, -0.15) is 0 Å². The van der Waals surface area contributed by atoms with Gasteiger partial charge in [-0.15, -0.1) is 0 Å². The van der Waals surface area contributed by atoms with Crippen LogP contribution in [0.25, 0.3) is 10.9 Å². The van der Waals surface area contributed by atoms with Gasteiger partial charge in [0, 0.05) is 23.2 Å². The van der Waals surface area contributed by atoms with Crippen LogP contribution in [0.15, 0.2) is 66.7 Å². The van der Waals surface area contributed by atoms with Crippen LogP contribution in [0.3, 0.4) is 0 Å². The first-order valence-electron chi connectivity index (χ1n) is 12.6. The minimum absolute atomic E-state index is 0.0267. The molecule has 190 valence electrons. The first-order chi connectivity index (χ1) is 17.8. The number of hydrogen-bond acceptors (Lipinski definition) is 3. The van der Waals surface area contributed by atoms with Gasteiger partial charge in [-0.25, -0.2) is 4.79 Å². The summed E-state index contributed by atoms with van der Waals surface area (Å²) < 4.78 is 8.07. The zero-order chi connectivity index (χ0) is 26.2. The minimum atomic E-state index is -1.08. The summed E-state index contributed by atoms with van der Waals surface area (Å²) in [4.78, 5) is 25.5. The van der Waals surface area contributed by atoms with Gasteiger partial charge in [0.2, 0.25) is 0 Å². The molecule has 4 aromatic rings. The summed E-state index contributed by atoms with van der Waals surface area (Å²) in [5.41, 5.74) is 4.94. The molecule has 6 heteroatoms. The van der Waals surface area contributed by atoms with E-state index in [0.717, 1.165) is 46.1 Å². The SMILES string of the molecule is Cc1ccc(C(=O)c2c(C)n(Cc3cccc(COC4(C(=O)O)CCCC4)c3)c3c(Cl)cccc23)cc1. The van der Waals surface area contributed by atoms with Crippen molar-refractivity contribution in [2.75, 3.05) is 0 Å². The standard InChI is InChI=1S/C31H30ClNO4/c1-20-11-13-24(14-12-20)29(34)27-21(2)33(28-25(27)9-6-10-26(28)32)18-22-7-5-8-23(17-22)19-37-31(30(35)36)15-3-4-16-31/h5-14,17H,3-4,15-16,18-19H2,1-2H3,(H,35,36). The molecule has 0 unspecified atom stereocenters. The number of carboxylic acid groups (broad SMARTS) is 1. The third-order valence-electron chi connectivity index (χ3n) is 7.48. The fraction of sp³-hybridized carbons (Fsp3) is 0.290. The molecule has 0 amide bonds. The molecule has 0 atom stereocenters. The average Bonchev–Trinajstić information content (AvgIpc) is 3.48. The van der Waals surface area contributed by atoms with E-state index in [-0.39, 0.29) is 12.4 Å². The molecule has 1 saturated carbocycles. The summed E-state index contributed by atoms with van der Waals surface area (Å²) >= 11 is 6.68. The second-order valence-corrected chi connectivity index (χ2v) is 10.4. The van der Waals surface area contributed by atoms with Gasteiger partial charge >= 0.3 is 5.97 Å². The average molecular weight is 516 g/mol. The number of para-hydroxylation sites is 1. The maximum atomic E-state index is 13.6. The molecule has 1 aromatic heterocycles. The van der Waals surface area contributed by atoms with Gasteiger partial charge in [-0.3, -0.25) is 4.79 Å². The van der Waals surface area contributed by atoms with Crippen molar-refractivity contribution in [2.45, 2.75) is 58.3 Å². The Bertz CT molecular complexity index is 1480. The second-order valence-electron chi connectivity index (χ2n) is 9.99. The van der Waals surface area contributed by atoms with Crippen molar-refractivity contribution < 1.29 is 19.4 Å². The molecule has 1 aliphatic carbocycles. The largest absolute Gasteiger partial charge is 0.479 e. The van der Waals surface area contributed by atoms with E-state index in [4.69, 9.17) is 16.3 Å². The maximum absolute atomic E-state index is 13.6. The van der Waals surface area contributed by atoms with Crippen molar-refractivity contribution in [3.8, 4) is 0 Å². The topological polar surface area (TPSA) is 68.5 Å². The predicted octanol–water partition coefficient (Wildman–Crippen LogP) is 7.10. The van der Waals surface area contributed by atoms with Gasteiger partial charge in [0.1, 0.15) is 0 Å². The lowest BCUT2D eigenvalue weighted by Gasteiger charge is -2.24. The number of aromatic nitrogens is 1. The number of aryl methyl sites for hydroxylation is 1. The fourth-order valence-electron chi connectivity index (χ4n) is 5.41. The highest BCUT2D eigenvalue weighted by Crippen LogP contribution is 2.35. The number of halogens is 1. The lowest BCUT2D eigenvalue weighted by Crippen LogP contribution is -2.38. The van der Waals surface area contributed by atoms with Crippen molar-refractivity contribution in [2.24, 2.45) is 0 Å². The molecule has 0 aliphatic heterocycles. The molecule has 0 saturated heterocycles. The van der Waals surface area contributed by atoms with Crippen LogP contribution in [0.4, 0.5) is 0 Å². The van der Waals surface area contributed by atoms with E-state index in [1.165, 1.54) is 0 Å². The van der Waals surface area contributed by atoms with Gasteiger partial charge in [0.15, 0.2) is 11.4 Å². The van der Waals surface area contributed by atoms with Crippen molar-refractivity contribution in [3.05, 3.63) is 105 Å². The van der Waals surface area contributed by atoms with E-state index in [1.807, 2.05) is 80.6 Å². The van der Waals surface area contributed by atoms with E-state index in [1.54, 1.807) is 0 Å². The first-order valence-corrected chi connectivity index (χ1v) is 13.0. The van der Waals surface area contributed by atoms with Crippen molar-refractivity contribution in [1.29, 1.82) is 0 Å². The Morgan fingerprint density at radius 3 is 2.35 bits per heavy atom. The summed E-state index contributed by atoms with van der Waals surface area (Å²) in [6.07, 6.45) is 2.84. The number of rotatable bonds is 8. The molecule has 5 nitrogen and oxygen atoms in total. The smallest absolute Gasteiger partial charge is 0.335 e. The number of carbonyl (C=O) groups is 2. The minimum Gasteiger partial charge on any atom is -0.479 e. The summed E-state index contributed by atoms with van der Waals surface area (Å²) in [5, 5.41) is 11.1. The van der Waals surface area contributed by atoms with Crippen molar-refractivity contribution >= 4 is 34.3 Å². The van der Waals surface area contributed by atoms with Crippen LogP contribution < -0.4 is 0 Å². The number of ketones is 1. The van der Waals surface area contributed by atoms with Gasteiger partial charge in [-0.1, -0.05) is 77.8 Å².